The minimum atomic E-state index is -6.15. The molecule has 2 rings (SSSR count). The normalized spacial score (nSPS) is 11.7. The van der Waals surface area contributed by atoms with Crippen molar-refractivity contribution in [3.63, 3.8) is 0 Å². The molecule has 1 aromatic heterocycles. The minimum Gasteiger partial charge on any atom is -0.398 e. The Morgan fingerprint density at radius 2 is 1.94 bits per heavy atom. The first kappa shape index (κ1) is 12.8. The number of halogens is 1. The lowest BCUT2D eigenvalue weighted by Crippen LogP contribution is -4.25. The molecule has 0 radical (unpaired) electrons. The number of nitrogen functional groups attached to an aromatic ring is 1. The van der Waals surface area contributed by atoms with E-state index in [0.717, 1.165) is 0 Å². The van der Waals surface area contributed by atoms with Crippen LogP contribution in [0.25, 0.3) is 10.8 Å². The Hall–Kier alpha value is -1.63. The van der Waals surface area contributed by atoms with Crippen molar-refractivity contribution in [3.05, 3.63) is 38.9 Å². The molecule has 0 fully saturated rings. The van der Waals surface area contributed by atoms with Crippen LogP contribution in [0.15, 0.2) is 27.8 Å². The van der Waals surface area contributed by atoms with Crippen LogP contribution in [0, 0.1) is 0 Å². The summed E-state index contributed by atoms with van der Waals surface area (Å²) in [5.41, 5.74) is 3.74. The molecule has 10 heteroatoms. The number of aromatic amines is 1. The number of nitrogens with one attached hydrogen (secondary N) is 1. The van der Waals surface area contributed by atoms with E-state index in [1.165, 1.54) is 18.2 Å². The number of nitrogens with zero attached hydrogens (tertiary/aromatic N) is 1. The van der Waals surface area contributed by atoms with Crippen LogP contribution in [0.5, 0.6) is 0 Å². The highest BCUT2D eigenvalue weighted by molar-refractivity contribution is 5.91. The van der Waals surface area contributed by atoms with Gasteiger partial charge in [-0.15, -0.1) is 0 Å². The molecule has 0 amide bonds. The average molecular weight is 367 g/mol. The van der Waals surface area contributed by atoms with E-state index in [1.54, 1.807) is 0 Å². The maximum atomic E-state index is 11.7. The highest BCUT2D eigenvalue weighted by Crippen LogP contribution is 2.11. The van der Waals surface area contributed by atoms with Crippen molar-refractivity contribution < 1.29 is 33.6 Å². The maximum Gasteiger partial charge on any atom is 0.476 e. The van der Waals surface area contributed by atoms with Crippen LogP contribution < -0.4 is 50.4 Å². The lowest BCUT2D eigenvalue weighted by molar-refractivity contribution is -1.92. The molecule has 96 valence electrons. The summed E-state index contributed by atoms with van der Waals surface area (Å²) in [6.45, 7) is 0. The number of benzene rings is 1. The molecule has 0 atom stereocenters. The van der Waals surface area contributed by atoms with Gasteiger partial charge in [0.15, 0.2) is 0 Å². The summed E-state index contributed by atoms with van der Waals surface area (Å²) in [4.78, 5) is 23.3. The number of aromatic nitrogens is 2. The topological polar surface area (TPSA) is 159 Å². The van der Waals surface area contributed by atoms with Gasteiger partial charge in [-0.25, -0.2) is 15.4 Å². The molecule has 3 N–H and O–H groups in total. The van der Waals surface area contributed by atoms with Gasteiger partial charge in [0.2, 0.25) is 0 Å². The molecular weight excluding hydrogens is 361 g/mol. The maximum absolute atomic E-state index is 11.7. The fraction of sp³-hybridized carbons (Fsp3) is 0. The fourth-order valence-electron chi connectivity index (χ4n) is 1.44. The number of fused-ring (bicyclic) bond motifs is 1. The number of anilines is 1. The van der Waals surface area contributed by atoms with Gasteiger partial charge < -0.3 is 5.73 Å². The van der Waals surface area contributed by atoms with Crippen molar-refractivity contribution in [2.24, 2.45) is 0 Å². The monoisotopic (exact) mass is 367 g/mol. The molecule has 0 bridgehead atoms. The first-order valence-corrected chi connectivity index (χ1v) is 7.96. The number of hydrogen-bond acceptors (Lipinski definition) is 7. The lowest BCUT2D eigenvalue weighted by Gasteiger charge is -2.06. The van der Waals surface area contributed by atoms with Crippen LogP contribution in [0.3, 0.4) is 0 Å². The van der Waals surface area contributed by atoms with Gasteiger partial charge in [0.25, 0.3) is 5.56 Å². The lowest BCUT2D eigenvalue weighted by atomic mass is 10.1. The van der Waals surface area contributed by atoms with E-state index in [1.807, 2.05) is 5.10 Å². The van der Waals surface area contributed by atoms with E-state index >= 15 is 0 Å². The van der Waals surface area contributed by atoms with Crippen LogP contribution in [-0.4, -0.2) is 9.94 Å². The van der Waals surface area contributed by atoms with Gasteiger partial charge in [0.05, 0.1) is 10.8 Å². The Morgan fingerprint density at radius 3 is 2.56 bits per heavy atom. The number of rotatable bonds is 2. The summed E-state index contributed by atoms with van der Waals surface area (Å²) in [6.07, 6.45) is 0. The van der Waals surface area contributed by atoms with Gasteiger partial charge in [-0.3, -0.25) is 9.59 Å². The van der Waals surface area contributed by atoms with E-state index in [0.29, 0.717) is 0 Å². The predicted molar refractivity (Wildman–Crippen MR) is 49.8 cm³/mol. The standard InChI is InChI=1S/C8H6IN3O6/c10-5-3-1-2-4-6(5)7(13)11-12(8(4)14)18-9(15,16)17/h1-3H,10H2,(H,11,13). The van der Waals surface area contributed by atoms with Crippen molar-refractivity contribution in [1.29, 1.82) is 0 Å². The zero-order valence-corrected chi connectivity index (χ0v) is 10.7. The second-order valence-corrected chi connectivity index (χ2v) is 5.81. The number of nitrogens with two attached hydrogens (primary N) is 1. The SMILES string of the molecule is Nc1cccc2c(=O)n(O[I+3]([O-])([O-])[O-])[nH]c(=O)c12. The zero-order valence-electron chi connectivity index (χ0n) is 8.58. The second-order valence-electron chi connectivity index (χ2n) is 3.26. The highest BCUT2D eigenvalue weighted by atomic mass is 127. The molecule has 0 spiro atoms. The number of H-pyrrole nitrogens is 1. The quantitative estimate of drug-likeness (QED) is 0.394. The van der Waals surface area contributed by atoms with Crippen molar-refractivity contribution in [2.75, 3.05) is 5.73 Å². The van der Waals surface area contributed by atoms with Gasteiger partial charge in [-0.1, -0.05) is 6.07 Å². The van der Waals surface area contributed by atoms with Crippen LogP contribution in [0.4, 0.5) is 5.69 Å². The summed E-state index contributed by atoms with van der Waals surface area (Å²) < 4.78 is 35.3. The Morgan fingerprint density at radius 1 is 1.28 bits per heavy atom. The van der Waals surface area contributed by atoms with E-state index in [9.17, 15) is 19.9 Å². The Bertz CT molecular complexity index is 715. The third-order valence-corrected chi connectivity index (χ3v) is 2.97. The van der Waals surface area contributed by atoms with Crippen LogP contribution >= 0.6 is 0 Å². The van der Waals surface area contributed by atoms with E-state index in [4.69, 9.17) is 5.73 Å². The molecule has 0 aliphatic rings. The van der Waals surface area contributed by atoms with Crippen LogP contribution in [0.1, 0.15) is 0 Å². The molecule has 2 aromatic rings. The molecule has 0 unspecified atom stereocenters. The van der Waals surface area contributed by atoms with Gasteiger partial charge in [-0.05, 0) is 12.1 Å². The molecule has 0 aliphatic carbocycles. The van der Waals surface area contributed by atoms with Gasteiger partial charge in [-0.2, -0.15) is 0 Å². The van der Waals surface area contributed by atoms with E-state index < -0.39 is 31.2 Å². The Kier molecular flexibility index (Phi) is 3.02. The summed E-state index contributed by atoms with van der Waals surface area (Å²) in [7, 11) is 0. The molecule has 1 heterocycles. The van der Waals surface area contributed by atoms with Crippen molar-refractivity contribution in [3.8, 4) is 0 Å². The largest absolute Gasteiger partial charge is 0.476 e. The smallest absolute Gasteiger partial charge is 0.398 e. The van der Waals surface area contributed by atoms with Crippen molar-refractivity contribution in [2.45, 2.75) is 0 Å². The van der Waals surface area contributed by atoms with Crippen molar-refractivity contribution >= 4 is 16.5 Å². The fourth-order valence-corrected chi connectivity index (χ4v) is 2.20. The number of hydrogen-bond donors (Lipinski definition) is 2. The first-order valence-electron chi connectivity index (χ1n) is 4.44. The van der Waals surface area contributed by atoms with Crippen molar-refractivity contribution in [1.82, 2.24) is 9.94 Å². The molecule has 0 aliphatic heterocycles. The van der Waals surface area contributed by atoms with Gasteiger partial charge in [0, 0.05) is 13.7 Å². The Balaban J connectivity index is 2.78. The predicted octanol–water partition coefficient (Wildman–Crippen LogP) is -7.40. The molecule has 1 aromatic carbocycles. The summed E-state index contributed by atoms with van der Waals surface area (Å²) in [5.74, 6) is 0. The first-order chi connectivity index (χ1) is 8.29. The van der Waals surface area contributed by atoms with E-state index in [-0.39, 0.29) is 21.3 Å². The third kappa shape index (κ3) is 2.31. The van der Waals surface area contributed by atoms with E-state index in [2.05, 4.69) is 3.17 Å². The molecule has 18 heavy (non-hydrogen) atoms. The summed E-state index contributed by atoms with van der Waals surface area (Å²) in [6, 6.07) is 4.07. The van der Waals surface area contributed by atoms with Crippen LogP contribution in [-0.2, 0) is 0 Å². The Labute approximate surface area is 105 Å². The third-order valence-electron chi connectivity index (χ3n) is 2.10. The molecular formula is C8H6IN3O6. The molecule has 0 saturated carbocycles. The summed E-state index contributed by atoms with van der Waals surface area (Å²) in [5, 5.41) is 1.56. The van der Waals surface area contributed by atoms with Gasteiger partial charge in [0.1, 0.15) is 0 Å². The summed E-state index contributed by atoms with van der Waals surface area (Å²) >= 11 is -6.15. The highest BCUT2D eigenvalue weighted by Gasteiger charge is 2.31. The molecule has 9 nitrogen and oxygen atoms in total. The average Bonchev–Trinajstić information content (AvgIpc) is 2.23. The zero-order chi connectivity index (χ0) is 13.5. The second kappa shape index (κ2) is 4.24. The minimum absolute atomic E-state index is 0.00620. The van der Waals surface area contributed by atoms with Crippen LogP contribution in [0.2, 0.25) is 0 Å². The van der Waals surface area contributed by atoms with Gasteiger partial charge >= 0.3 is 25.7 Å². The molecule has 0 saturated heterocycles.